The largest absolute Gasteiger partial charge is 0.382 e. The van der Waals surface area contributed by atoms with Crippen LogP contribution >= 0.6 is 27.3 Å². The first kappa shape index (κ1) is 18.0. The highest BCUT2D eigenvalue weighted by Crippen LogP contribution is 2.31. The number of thiophene rings is 1. The van der Waals surface area contributed by atoms with Gasteiger partial charge in [0.15, 0.2) is 0 Å². The van der Waals surface area contributed by atoms with Crippen molar-refractivity contribution in [2.45, 2.75) is 17.5 Å². The second kappa shape index (κ2) is 8.42. The van der Waals surface area contributed by atoms with Crippen molar-refractivity contribution in [1.82, 2.24) is 10.0 Å². The van der Waals surface area contributed by atoms with Crippen LogP contribution in [0.25, 0.3) is 0 Å². The Kier molecular flexibility index (Phi) is 7.59. The minimum atomic E-state index is -3.56. The van der Waals surface area contributed by atoms with Crippen molar-refractivity contribution in [3.8, 4) is 0 Å². The summed E-state index contributed by atoms with van der Waals surface area (Å²) in [6.45, 7) is 1.12. The fourth-order valence-electron chi connectivity index (χ4n) is 1.52. The fourth-order valence-corrected chi connectivity index (χ4v) is 5.28. The van der Waals surface area contributed by atoms with E-state index in [-0.39, 0.29) is 17.5 Å². The summed E-state index contributed by atoms with van der Waals surface area (Å²) in [5.41, 5.74) is 0. The van der Waals surface area contributed by atoms with Crippen molar-refractivity contribution < 1.29 is 17.9 Å². The molecule has 9 heteroatoms. The lowest BCUT2D eigenvalue weighted by Crippen LogP contribution is -2.35. The van der Waals surface area contributed by atoms with Crippen LogP contribution < -0.4 is 10.0 Å². The molecule has 1 aromatic rings. The normalized spacial score (nSPS) is 13.6. The zero-order chi connectivity index (χ0) is 15.2. The molecule has 1 rings (SSSR count). The topological polar surface area (TPSA) is 76.7 Å². The summed E-state index contributed by atoms with van der Waals surface area (Å²) in [6, 6.07) is 1.66. The lowest BCUT2D eigenvalue weighted by Gasteiger charge is -2.14. The van der Waals surface area contributed by atoms with Gasteiger partial charge < -0.3 is 14.8 Å². The van der Waals surface area contributed by atoms with Crippen LogP contribution in [0.3, 0.4) is 0 Å². The van der Waals surface area contributed by atoms with Crippen LogP contribution in [0.4, 0.5) is 0 Å². The number of halogens is 1. The molecule has 0 saturated carbocycles. The molecule has 2 N–H and O–H groups in total. The summed E-state index contributed by atoms with van der Waals surface area (Å²) in [4.78, 5) is 1.19. The van der Waals surface area contributed by atoms with Crippen molar-refractivity contribution >= 4 is 37.3 Å². The maximum atomic E-state index is 12.2. The molecule has 0 aliphatic rings. The van der Waals surface area contributed by atoms with Crippen LogP contribution in [-0.4, -0.2) is 48.9 Å². The molecule has 0 amide bonds. The third-order valence-corrected chi connectivity index (χ3v) is 6.21. The van der Waals surface area contributed by atoms with Crippen LogP contribution in [0, 0.1) is 0 Å². The van der Waals surface area contributed by atoms with Crippen molar-refractivity contribution in [2.24, 2.45) is 0 Å². The minimum absolute atomic E-state index is 0.163. The molecule has 1 heterocycles. The molecule has 6 nitrogen and oxygen atoms in total. The number of sulfonamides is 1. The average Bonchev–Trinajstić information content (AvgIpc) is 2.77. The highest BCUT2D eigenvalue weighted by molar-refractivity contribution is 9.11. The van der Waals surface area contributed by atoms with Crippen LogP contribution in [0.1, 0.15) is 4.88 Å². The van der Waals surface area contributed by atoms with Gasteiger partial charge in [0.2, 0.25) is 10.0 Å². The third-order valence-electron chi connectivity index (χ3n) is 2.53. The van der Waals surface area contributed by atoms with Gasteiger partial charge in [-0.05, 0) is 29.0 Å². The SMILES string of the molecule is CNCc1cc(S(=O)(=O)NCC(COC)OC)c(Br)s1. The second-order valence-electron chi connectivity index (χ2n) is 4.05. The van der Waals surface area contributed by atoms with Gasteiger partial charge in [0.1, 0.15) is 4.90 Å². The first-order chi connectivity index (χ1) is 9.44. The van der Waals surface area contributed by atoms with Crippen LogP contribution in [0.5, 0.6) is 0 Å². The maximum absolute atomic E-state index is 12.2. The molecule has 0 spiro atoms. The first-order valence-corrected chi connectivity index (χ1v) is 8.98. The van der Waals surface area contributed by atoms with E-state index < -0.39 is 10.0 Å². The molecule has 0 bridgehead atoms. The number of nitrogens with one attached hydrogen (secondary N) is 2. The van der Waals surface area contributed by atoms with Gasteiger partial charge in [-0.3, -0.25) is 0 Å². The Morgan fingerprint density at radius 2 is 2.15 bits per heavy atom. The van der Waals surface area contributed by atoms with Gasteiger partial charge in [-0.25, -0.2) is 13.1 Å². The van der Waals surface area contributed by atoms with Gasteiger partial charge in [-0.15, -0.1) is 11.3 Å². The molecule has 1 atom stereocenters. The molecule has 116 valence electrons. The number of hydrogen-bond donors (Lipinski definition) is 2. The molecule has 0 radical (unpaired) electrons. The molecule has 0 aliphatic carbocycles. The molecule has 0 fully saturated rings. The van der Waals surface area contributed by atoms with Crippen LogP contribution in [-0.2, 0) is 26.0 Å². The van der Waals surface area contributed by atoms with E-state index in [1.54, 1.807) is 13.2 Å². The summed E-state index contributed by atoms with van der Waals surface area (Å²) in [5.74, 6) is 0. The van der Waals surface area contributed by atoms with Crippen molar-refractivity contribution in [2.75, 3.05) is 34.4 Å². The first-order valence-electron chi connectivity index (χ1n) is 5.88. The minimum Gasteiger partial charge on any atom is -0.382 e. The number of rotatable bonds is 9. The van der Waals surface area contributed by atoms with E-state index in [9.17, 15) is 8.42 Å². The molecule has 1 unspecified atom stereocenters. The van der Waals surface area contributed by atoms with Crippen LogP contribution in [0.15, 0.2) is 14.7 Å². The summed E-state index contributed by atoms with van der Waals surface area (Å²) in [5, 5.41) is 2.99. The fraction of sp³-hybridized carbons (Fsp3) is 0.636. The van der Waals surface area contributed by atoms with Crippen molar-refractivity contribution in [1.29, 1.82) is 0 Å². The highest BCUT2D eigenvalue weighted by Gasteiger charge is 2.22. The number of methoxy groups -OCH3 is 2. The van der Waals surface area contributed by atoms with E-state index in [1.807, 2.05) is 7.05 Å². The summed E-state index contributed by atoms with van der Waals surface area (Å²) in [7, 11) is 1.31. The van der Waals surface area contributed by atoms with Crippen molar-refractivity contribution in [3.63, 3.8) is 0 Å². The average molecular weight is 387 g/mol. The molecule has 0 saturated heterocycles. The zero-order valence-electron chi connectivity index (χ0n) is 11.6. The maximum Gasteiger partial charge on any atom is 0.242 e. The monoisotopic (exact) mass is 386 g/mol. The summed E-state index contributed by atoms with van der Waals surface area (Å²) < 4.78 is 37.7. The molecule has 0 aromatic carbocycles. The van der Waals surface area contributed by atoms with Gasteiger partial charge in [-0.2, -0.15) is 0 Å². The van der Waals surface area contributed by atoms with E-state index in [0.717, 1.165) is 4.88 Å². The predicted molar refractivity (Wildman–Crippen MR) is 82.6 cm³/mol. The van der Waals surface area contributed by atoms with E-state index in [4.69, 9.17) is 9.47 Å². The molecular formula is C11H19BrN2O4S2. The van der Waals surface area contributed by atoms with Gasteiger partial charge in [-0.1, -0.05) is 0 Å². The van der Waals surface area contributed by atoms with E-state index in [1.165, 1.54) is 18.4 Å². The lowest BCUT2D eigenvalue weighted by molar-refractivity contribution is 0.0320. The molecule has 0 aliphatic heterocycles. The standard InChI is InChI=1S/C11H19BrN2O4S2/c1-13-6-9-4-10(11(12)19-9)20(15,16)14-5-8(18-3)7-17-2/h4,8,13-14H,5-7H2,1-3H3. The molecule has 1 aromatic heterocycles. The number of ether oxygens (including phenoxy) is 2. The van der Waals surface area contributed by atoms with Gasteiger partial charge >= 0.3 is 0 Å². The Morgan fingerprint density at radius 1 is 1.45 bits per heavy atom. The second-order valence-corrected chi connectivity index (χ2v) is 8.24. The summed E-state index contributed by atoms with van der Waals surface area (Å²) in [6.07, 6.45) is -0.316. The summed E-state index contributed by atoms with van der Waals surface area (Å²) >= 11 is 4.69. The lowest BCUT2D eigenvalue weighted by atomic mass is 10.4. The Hall–Kier alpha value is -0.0300. The highest BCUT2D eigenvalue weighted by atomic mass is 79.9. The van der Waals surface area contributed by atoms with Gasteiger partial charge in [0, 0.05) is 32.2 Å². The Morgan fingerprint density at radius 3 is 2.70 bits per heavy atom. The zero-order valence-corrected chi connectivity index (χ0v) is 14.8. The van der Waals surface area contributed by atoms with Crippen molar-refractivity contribution in [3.05, 3.63) is 14.7 Å². The number of hydrogen-bond acceptors (Lipinski definition) is 6. The van der Waals surface area contributed by atoms with Gasteiger partial charge in [0.25, 0.3) is 0 Å². The predicted octanol–water partition coefficient (Wildman–Crippen LogP) is 1.17. The quantitative estimate of drug-likeness (QED) is 0.665. The van der Waals surface area contributed by atoms with Crippen LogP contribution in [0.2, 0.25) is 0 Å². The van der Waals surface area contributed by atoms with E-state index in [2.05, 4.69) is 26.0 Å². The Balaban J connectivity index is 2.78. The molecule has 20 heavy (non-hydrogen) atoms. The van der Waals surface area contributed by atoms with Gasteiger partial charge in [0.05, 0.1) is 16.5 Å². The Bertz CT molecular complexity index is 518. The van der Waals surface area contributed by atoms with E-state index >= 15 is 0 Å². The Labute approximate surface area is 132 Å². The smallest absolute Gasteiger partial charge is 0.242 e. The molecular weight excluding hydrogens is 368 g/mol. The third kappa shape index (κ3) is 5.06. The van der Waals surface area contributed by atoms with E-state index in [0.29, 0.717) is 16.9 Å².